The highest BCUT2D eigenvalue weighted by atomic mass is 32.2. The first kappa shape index (κ1) is 16.0. The van der Waals surface area contributed by atoms with Crippen LogP contribution in [0.3, 0.4) is 0 Å². The van der Waals surface area contributed by atoms with Crippen molar-refractivity contribution in [2.75, 3.05) is 51.0 Å². The van der Waals surface area contributed by atoms with E-state index in [1.165, 1.54) is 20.2 Å². The second-order valence-corrected chi connectivity index (χ2v) is 7.28. The summed E-state index contributed by atoms with van der Waals surface area (Å²) in [5, 5.41) is 9.20. The molecule has 3 N–H and O–H groups in total. The van der Waals surface area contributed by atoms with E-state index in [4.69, 9.17) is 10.5 Å². The minimum Gasteiger partial charge on any atom is -0.397 e. The van der Waals surface area contributed by atoms with Crippen molar-refractivity contribution < 1.29 is 18.3 Å². The molecule has 0 amide bonds. The molecule has 1 heterocycles. The van der Waals surface area contributed by atoms with Gasteiger partial charge in [0.2, 0.25) is 10.0 Å². The first-order chi connectivity index (χ1) is 9.86. The largest absolute Gasteiger partial charge is 0.397 e. The lowest BCUT2D eigenvalue weighted by molar-refractivity contribution is 0.00359. The fraction of sp³-hybridized carbons (Fsp3) is 0.538. The number of sulfonamides is 1. The van der Waals surface area contributed by atoms with Crippen molar-refractivity contribution in [2.24, 2.45) is 0 Å². The molecule has 1 saturated heterocycles. The molecule has 7 nitrogen and oxygen atoms in total. The highest BCUT2D eigenvalue weighted by Crippen LogP contribution is 2.29. The second-order valence-electron chi connectivity index (χ2n) is 5.13. The molecule has 1 fully saturated rings. The van der Waals surface area contributed by atoms with Crippen LogP contribution < -0.4 is 10.6 Å². The SMILES string of the molecule is CN(C)S(=O)(=O)c1ccc(N)c(N2CCOC(CO)C2)c1. The molecule has 118 valence electrons. The first-order valence-corrected chi connectivity index (χ1v) is 8.09. The molecule has 1 atom stereocenters. The summed E-state index contributed by atoms with van der Waals surface area (Å²) in [4.78, 5) is 2.14. The summed E-state index contributed by atoms with van der Waals surface area (Å²) >= 11 is 0. The predicted octanol–water partition coefficient (Wildman–Crippen LogP) is -0.283. The van der Waals surface area contributed by atoms with E-state index in [9.17, 15) is 13.5 Å². The van der Waals surface area contributed by atoms with Gasteiger partial charge in [-0.25, -0.2) is 12.7 Å². The van der Waals surface area contributed by atoms with Crippen molar-refractivity contribution in [2.45, 2.75) is 11.0 Å². The molecule has 1 aliphatic heterocycles. The molecular formula is C13H21N3O4S. The molecule has 0 aromatic heterocycles. The molecule has 0 aliphatic carbocycles. The molecule has 2 rings (SSSR count). The lowest BCUT2D eigenvalue weighted by Gasteiger charge is -2.34. The zero-order valence-corrected chi connectivity index (χ0v) is 13.0. The van der Waals surface area contributed by atoms with Gasteiger partial charge in [-0.05, 0) is 18.2 Å². The van der Waals surface area contributed by atoms with Crippen molar-refractivity contribution in [3.8, 4) is 0 Å². The summed E-state index contributed by atoms with van der Waals surface area (Å²) in [6.45, 7) is 1.47. The van der Waals surface area contributed by atoms with Crippen molar-refractivity contribution in [1.82, 2.24) is 4.31 Å². The van der Waals surface area contributed by atoms with Crippen LogP contribution >= 0.6 is 0 Å². The zero-order chi connectivity index (χ0) is 15.6. The number of nitrogen functional groups attached to an aromatic ring is 1. The Balaban J connectivity index is 2.36. The Morgan fingerprint density at radius 3 is 2.81 bits per heavy atom. The quantitative estimate of drug-likeness (QED) is 0.742. The van der Waals surface area contributed by atoms with Gasteiger partial charge in [0.05, 0.1) is 35.6 Å². The fourth-order valence-electron chi connectivity index (χ4n) is 2.22. The zero-order valence-electron chi connectivity index (χ0n) is 12.2. The van der Waals surface area contributed by atoms with E-state index in [1.807, 2.05) is 4.90 Å². The van der Waals surface area contributed by atoms with Gasteiger partial charge >= 0.3 is 0 Å². The van der Waals surface area contributed by atoms with Crippen LogP contribution in [0.1, 0.15) is 0 Å². The highest BCUT2D eigenvalue weighted by molar-refractivity contribution is 7.89. The molecule has 21 heavy (non-hydrogen) atoms. The molecule has 8 heteroatoms. The number of anilines is 2. The molecule has 1 unspecified atom stereocenters. The maximum atomic E-state index is 12.2. The Hall–Kier alpha value is -1.35. The Kier molecular flexibility index (Phi) is 4.72. The van der Waals surface area contributed by atoms with Crippen molar-refractivity contribution >= 4 is 21.4 Å². The van der Waals surface area contributed by atoms with Crippen LogP contribution in [0, 0.1) is 0 Å². The standard InChI is InChI=1S/C13H21N3O4S/c1-15(2)21(18,19)11-3-4-12(14)13(7-11)16-5-6-20-10(8-16)9-17/h3-4,7,10,17H,5-6,8-9,14H2,1-2H3. The van der Waals surface area contributed by atoms with Crippen LogP contribution in [0.5, 0.6) is 0 Å². The van der Waals surface area contributed by atoms with Crippen molar-refractivity contribution in [3.63, 3.8) is 0 Å². The Morgan fingerprint density at radius 2 is 2.19 bits per heavy atom. The Bertz CT molecular complexity index is 603. The lowest BCUT2D eigenvalue weighted by Crippen LogP contribution is -2.44. The number of rotatable bonds is 4. The molecular weight excluding hydrogens is 294 g/mol. The van der Waals surface area contributed by atoms with E-state index in [2.05, 4.69) is 0 Å². The van der Waals surface area contributed by atoms with Gasteiger partial charge in [-0.15, -0.1) is 0 Å². The van der Waals surface area contributed by atoms with Gasteiger partial charge in [0, 0.05) is 27.2 Å². The third kappa shape index (κ3) is 3.29. The molecule has 0 radical (unpaired) electrons. The van der Waals surface area contributed by atoms with E-state index < -0.39 is 10.0 Å². The maximum absolute atomic E-state index is 12.2. The number of aliphatic hydroxyl groups excluding tert-OH is 1. The second kappa shape index (κ2) is 6.18. The van der Waals surface area contributed by atoms with Crippen LogP contribution in [-0.4, -0.2) is 64.3 Å². The molecule has 1 aromatic rings. The van der Waals surface area contributed by atoms with Crippen LogP contribution in [0.15, 0.2) is 23.1 Å². The number of benzene rings is 1. The highest BCUT2D eigenvalue weighted by Gasteiger charge is 2.24. The van der Waals surface area contributed by atoms with Gasteiger partial charge in [0.25, 0.3) is 0 Å². The topological polar surface area (TPSA) is 96.1 Å². The number of nitrogens with zero attached hydrogens (tertiary/aromatic N) is 2. The average molecular weight is 315 g/mol. The van der Waals surface area contributed by atoms with Gasteiger partial charge in [-0.2, -0.15) is 0 Å². The maximum Gasteiger partial charge on any atom is 0.242 e. The van der Waals surface area contributed by atoms with Gasteiger partial charge < -0.3 is 20.5 Å². The molecule has 1 aliphatic rings. The summed E-state index contributed by atoms with van der Waals surface area (Å²) in [6.07, 6.45) is -0.285. The minimum absolute atomic E-state index is 0.0773. The predicted molar refractivity (Wildman–Crippen MR) is 80.8 cm³/mol. The van der Waals surface area contributed by atoms with E-state index in [0.717, 1.165) is 4.31 Å². The summed E-state index contributed by atoms with van der Waals surface area (Å²) in [7, 11) is -0.527. The third-order valence-electron chi connectivity index (χ3n) is 3.46. The summed E-state index contributed by atoms with van der Waals surface area (Å²) in [5.41, 5.74) is 7.13. The number of morpholine rings is 1. The van der Waals surface area contributed by atoms with E-state index in [-0.39, 0.29) is 17.6 Å². The first-order valence-electron chi connectivity index (χ1n) is 6.65. The van der Waals surface area contributed by atoms with Gasteiger partial charge in [0.1, 0.15) is 0 Å². The molecule has 0 spiro atoms. The van der Waals surface area contributed by atoms with Crippen molar-refractivity contribution in [1.29, 1.82) is 0 Å². The molecule has 0 bridgehead atoms. The average Bonchev–Trinajstić information content (AvgIpc) is 2.47. The third-order valence-corrected chi connectivity index (χ3v) is 5.27. The van der Waals surface area contributed by atoms with E-state index in [0.29, 0.717) is 31.1 Å². The summed E-state index contributed by atoms with van der Waals surface area (Å²) < 4.78 is 31.0. The smallest absolute Gasteiger partial charge is 0.242 e. The van der Waals surface area contributed by atoms with Crippen LogP contribution in [0.25, 0.3) is 0 Å². The van der Waals surface area contributed by atoms with Gasteiger partial charge in [-0.1, -0.05) is 0 Å². The number of nitrogens with two attached hydrogens (primary N) is 1. The normalized spacial score (nSPS) is 20.0. The van der Waals surface area contributed by atoms with Crippen LogP contribution in [0.4, 0.5) is 11.4 Å². The minimum atomic E-state index is -3.50. The Morgan fingerprint density at radius 1 is 1.48 bits per heavy atom. The number of hydrogen-bond donors (Lipinski definition) is 2. The molecule has 1 aromatic carbocycles. The van der Waals surface area contributed by atoms with E-state index in [1.54, 1.807) is 12.1 Å². The summed E-state index contributed by atoms with van der Waals surface area (Å²) in [6, 6.07) is 4.66. The summed E-state index contributed by atoms with van der Waals surface area (Å²) in [5.74, 6) is 0. The molecule has 0 saturated carbocycles. The van der Waals surface area contributed by atoms with Crippen LogP contribution in [0.2, 0.25) is 0 Å². The fourth-order valence-corrected chi connectivity index (χ4v) is 3.14. The van der Waals surface area contributed by atoms with Crippen LogP contribution in [-0.2, 0) is 14.8 Å². The van der Waals surface area contributed by atoms with Gasteiger partial charge in [0.15, 0.2) is 0 Å². The Labute approximate surface area is 125 Å². The monoisotopic (exact) mass is 315 g/mol. The van der Waals surface area contributed by atoms with Gasteiger partial charge in [-0.3, -0.25) is 0 Å². The number of hydrogen-bond acceptors (Lipinski definition) is 6. The number of aliphatic hydroxyl groups is 1. The van der Waals surface area contributed by atoms with E-state index >= 15 is 0 Å². The number of ether oxygens (including phenoxy) is 1. The van der Waals surface area contributed by atoms with Crippen molar-refractivity contribution in [3.05, 3.63) is 18.2 Å². The lowest BCUT2D eigenvalue weighted by atomic mass is 10.2.